The van der Waals surface area contributed by atoms with Gasteiger partial charge in [-0.1, -0.05) is 18.2 Å². The zero-order chi connectivity index (χ0) is 17.6. The molecule has 2 aromatic rings. The van der Waals surface area contributed by atoms with Gasteiger partial charge in [0.15, 0.2) is 0 Å². The summed E-state index contributed by atoms with van der Waals surface area (Å²) >= 11 is 1.43. The Balaban J connectivity index is 0.00000243. The second kappa shape index (κ2) is 13.2. The lowest BCUT2D eigenvalue weighted by Gasteiger charge is -2.37. The average Bonchev–Trinajstić information content (AvgIpc) is 3.12. The zero-order valence-corrected chi connectivity index (χ0v) is 19.0. The number of piperazine rings is 1. The summed E-state index contributed by atoms with van der Waals surface area (Å²) in [7, 11) is 0. The van der Waals surface area contributed by atoms with Crippen molar-refractivity contribution in [3.05, 3.63) is 46.4 Å². The molecule has 0 aliphatic carbocycles. The Labute approximate surface area is 189 Å². The van der Waals surface area contributed by atoms with Crippen molar-refractivity contribution in [3.8, 4) is 0 Å². The van der Waals surface area contributed by atoms with E-state index in [4.69, 9.17) is 5.73 Å². The van der Waals surface area contributed by atoms with Crippen LogP contribution in [0.1, 0.15) is 22.4 Å². The van der Waals surface area contributed by atoms with Crippen LogP contribution in [0.2, 0.25) is 0 Å². The van der Waals surface area contributed by atoms with Gasteiger partial charge < -0.3 is 16.0 Å². The third-order valence-corrected chi connectivity index (χ3v) is 5.23. The molecule has 0 saturated carbocycles. The van der Waals surface area contributed by atoms with Gasteiger partial charge in [-0.2, -0.15) is 0 Å². The molecular weight excluding hydrogens is 441 g/mol. The van der Waals surface area contributed by atoms with Crippen LogP contribution in [0.25, 0.3) is 0 Å². The number of para-hydroxylation sites is 1. The molecular formula is C18H28Cl3N5OS. The molecule has 0 spiro atoms. The van der Waals surface area contributed by atoms with Crippen molar-refractivity contribution in [2.24, 2.45) is 5.73 Å². The number of rotatable bonds is 6. The maximum atomic E-state index is 12.2. The number of anilines is 1. The van der Waals surface area contributed by atoms with Gasteiger partial charge in [0, 0.05) is 56.4 Å². The SMILES string of the molecule is CC(CN1CCN(c2ccccc2)CC1)NC(=O)c1csc(CN)n1.Cl.Cl.Cl. The van der Waals surface area contributed by atoms with E-state index in [-0.39, 0.29) is 49.2 Å². The predicted molar refractivity (Wildman–Crippen MR) is 124 cm³/mol. The zero-order valence-electron chi connectivity index (χ0n) is 15.7. The molecule has 28 heavy (non-hydrogen) atoms. The molecule has 3 N–H and O–H groups in total. The van der Waals surface area contributed by atoms with Gasteiger partial charge >= 0.3 is 0 Å². The summed E-state index contributed by atoms with van der Waals surface area (Å²) in [5.41, 5.74) is 7.29. The number of thiazole rings is 1. The lowest BCUT2D eigenvalue weighted by atomic mass is 10.2. The summed E-state index contributed by atoms with van der Waals surface area (Å²) in [6.07, 6.45) is 0. The number of benzene rings is 1. The van der Waals surface area contributed by atoms with Crippen molar-refractivity contribution in [1.29, 1.82) is 0 Å². The Bertz CT molecular complexity index is 696. The number of hydrogen-bond donors (Lipinski definition) is 2. The monoisotopic (exact) mass is 467 g/mol. The Hall–Kier alpha value is -1.09. The Morgan fingerprint density at radius 2 is 1.82 bits per heavy atom. The minimum Gasteiger partial charge on any atom is -0.369 e. The second-order valence-electron chi connectivity index (χ2n) is 6.33. The fourth-order valence-corrected chi connectivity index (χ4v) is 3.72. The molecule has 1 fully saturated rings. The van der Waals surface area contributed by atoms with Crippen LogP contribution in [0.4, 0.5) is 5.69 Å². The summed E-state index contributed by atoms with van der Waals surface area (Å²) in [5.74, 6) is -0.119. The molecule has 1 unspecified atom stereocenters. The number of carbonyl (C=O) groups excluding carboxylic acids is 1. The smallest absolute Gasteiger partial charge is 0.271 e. The molecule has 1 aliphatic heterocycles. The molecule has 0 radical (unpaired) electrons. The Kier molecular flexibility index (Phi) is 12.7. The van der Waals surface area contributed by atoms with E-state index in [2.05, 4.69) is 44.4 Å². The first-order valence-electron chi connectivity index (χ1n) is 8.63. The minimum absolute atomic E-state index is 0. The van der Waals surface area contributed by atoms with Crippen LogP contribution >= 0.6 is 48.6 Å². The number of nitrogens with zero attached hydrogens (tertiary/aromatic N) is 3. The van der Waals surface area contributed by atoms with Crippen LogP contribution < -0.4 is 16.0 Å². The Morgan fingerprint density at radius 1 is 1.18 bits per heavy atom. The minimum atomic E-state index is -0.119. The average molecular weight is 469 g/mol. The number of carbonyl (C=O) groups is 1. The van der Waals surface area contributed by atoms with Gasteiger partial charge in [-0.25, -0.2) is 4.98 Å². The quantitative estimate of drug-likeness (QED) is 0.682. The van der Waals surface area contributed by atoms with Gasteiger partial charge in [-0.3, -0.25) is 9.69 Å². The number of aromatic nitrogens is 1. The Morgan fingerprint density at radius 3 is 2.39 bits per heavy atom. The van der Waals surface area contributed by atoms with E-state index in [1.807, 2.05) is 13.0 Å². The first-order valence-corrected chi connectivity index (χ1v) is 9.51. The van der Waals surface area contributed by atoms with Crippen molar-refractivity contribution in [2.45, 2.75) is 19.5 Å². The molecule has 6 nitrogen and oxygen atoms in total. The third kappa shape index (κ3) is 7.39. The standard InChI is InChI=1S/C18H25N5OS.3ClH/c1-14(20-18(24)16-13-25-17(11-19)21-16)12-22-7-9-23(10-8-22)15-5-3-2-4-6-15;;;/h2-6,13-14H,7-12,19H2,1H3,(H,20,24);3*1H. The highest BCUT2D eigenvalue weighted by molar-refractivity contribution is 7.09. The van der Waals surface area contributed by atoms with E-state index in [0.717, 1.165) is 37.7 Å². The van der Waals surface area contributed by atoms with Crippen LogP contribution in [0.3, 0.4) is 0 Å². The molecule has 158 valence electrons. The fourth-order valence-electron chi connectivity index (χ4n) is 3.07. The molecule has 10 heteroatoms. The topological polar surface area (TPSA) is 74.5 Å². The number of nitrogens with one attached hydrogen (secondary N) is 1. The summed E-state index contributed by atoms with van der Waals surface area (Å²) < 4.78 is 0. The van der Waals surface area contributed by atoms with Gasteiger partial charge in [-0.05, 0) is 19.1 Å². The number of nitrogens with two attached hydrogens (primary N) is 1. The molecule has 0 bridgehead atoms. The summed E-state index contributed by atoms with van der Waals surface area (Å²) in [6.45, 7) is 7.29. The van der Waals surface area contributed by atoms with Crippen molar-refractivity contribution in [1.82, 2.24) is 15.2 Å². The van der Waals surface area contributed by atoms with Crippen molar-refractivity contribution in [2.75, 3.05) is 37.6 Å². The van der Waals surface area contributed by atoms with E-state index in [1.54, 1.807) is 5.38 Å². The molecule has 1 aromatic carbocycles. The first kappa shape index (κ1) is 26.9. The van der Waals surface area contributed by atoms with E-state index >= 15 is 0 Å². The lowest BCUT2D eigenvalue weighted by Crippen LogP contribution is -2.50. The van der Waals surface area contributed by atoms with Crippen molar-refractivity contribution < 1.29 is 4.79 Å². The van der Waals surface area contributed by atoms with E-state index in [0.29, 0.717) is 12.2 Å². The highest BCUT2D eigenvalue weighted by atomic mass is 35.5. The van der Waals surface area contributed by atoms with Gasteiger partial charge in [-0.15, -0.1) is 48.6 Å². The fraction of sp³-hybridized carbons (Fsp3) is 0.444. The maximum absolute atomic E-state index is 12.2. The highest BCUT2D eigenvalue weighted by Crippen LogP contribution is 2.15. The summed E-state index contributed by atoms with van der Waals surface area (Å²) in [4.78, 5) is 21.3. The number of halogens is 3. The largest absolute Gasteiger partial charge is 0.369 e. The van der Waals surface area contributed by atoms with Crippen LogP contribution in [-0.4, -0.2) is 54.6 Å². The molecule has 1 atom stereocenters. The maximum Gasteiger partial charge on any atom is 0.271 e. The summed E-state index contributed by atoms with van der Waals surface area (Å²) in [5, 5.41) is 5.59. The second-order valence-corrected chi connectivity index (χ2v) is 7.27. The highest BCUT2D eigenvalue weighted by Gasteiger charge is 2.20. The molecule has 1 amide bonds. The first-order chi connectivity index (χ1) is 12.2. The van der Waals surface area contributed by atoms with Crippen LogP contribution in [-0.2, 0) is 6.54 Å². The normalized spacial score (nSPS) is 14.9. The van der Waals surface area contributed by atoms with Crippen molar-refractivity contribution >= 4 is 60.2 Å². The van der Waals surface area contributed by atoms with Gasteiger partial charge in [0.25, 0.3) is 5.91 Å². The summed E-state index contributed by atoms with van der Waals surface area (Å²) in [6, 6.07) is 10.6. The van der Waals surface area contributed by atoms with E-state index < -0.39 is 0 Å². The molecule has 1 saturated heterocycles. The van der Waals surface area contributed by atoms with Crippen LogP contribution in [0.15, 0.2) is 35.7 Å². The molecule has 1 aromatic heterocycles. The molecule has 2 heterocycles. The van der Waals surface area contributed by atoms with Crippen LogP contribution in [0.5, 0.6) is 0 Å². The van der Waals surface area contributed by atoms with Gasteiger partial charge in [0.05, 0.1) is 0 Å². The third-order valence-electron chi connectivity index (χ3n) is 4.36. The van der Waals surface area contributed by atoms with Gasteiger partial charge in [0.1, 0.15) is 10.7 Å². The van der Waals surface area contributed by atoms with Crippen molar-refractivity contribution in [3.63, 3.8) is 0 Å². The lowest BCUT2D eigenvalue weighted by molar-refractivity contribution is 0.0923. The van der Waals surface area contributed by atoms with Gasteiger partial charge in [0.2, 0.25) is 0 Å². The number of amides is 1. The predicted octanol–water partition coefficient (Wildman–Crippen LogP) is 2.81. The van der Waals surface area contributed by atoms with E-state index in [1.165, 1.54) is 17.0 Å². The van der Waals surface area contributed by atoms with Crippen LogP contribution in [0, 0.1) is 0 Å². The number of hydrogen-bond acceptors (Lipinski definition) is 6. The van der Waals surface area contributed by atoms with E-state index in [9.17, 15) is 4.79 Å². The molecule has 3 rings (SSSR count). The molecule has 1 aliphatic rings.